The minimum Gasteiger partial charge on any atom is -0.478 e. The van der Waals surface area contributed by atoms with Gasteiger partial charge in [-0.15, -0.1) is 0 Å². The van der Waals surface area contributed by atoms with Gasteiger partial charge in [0, 0.05) is 16.3 Å². The highest BCUT2D eigenvalue weighted by Crippen LogP contribution is 2.30. The fourth-order valence-corrected chi connectivity index (χ4v) is 2.21. The molecule has 0 amide bonds. The first-order chi connectivity index (χ1) is 9.79. The van der Waals surface area contributed by atoms with Crippen LogP contribution in [0.4, 0.5) is 4.39 Å². The van der Waals surface area contributed by atoms with Gasteiger partial charge in [-0.25, -0.2) is 9.37 Å². The molecule has 100 valence electrons. The molecule has 0 fully saturated rings. The monoisotopic (exact) mass is 267 g/mol. The van der Waals surface area contributed by atoms with Crippen LogP contribution in [0.15, 0.2) is 54.6 Å². The Labute approximate surface area is 116 Å². The van der Waals surface area contributed by atoms with Gasteiger partial charge in [-0.2, -0.15) is 0 Å². The Morgan fingerprint density at radius 3 is 2.55 bits per heavy atom. The van der Waals surface area contributed by atoms with E-state index in [9.17, 15) is 4.39 Å². The quantitative estimate of drug-likeness (QED) is 0.700. The minimum absolute atomic E-state index is 0.261. The highest BCUT2D eigenvalue weighted by atomic mass is 19.1. The number of hydrogen-bond donors (Lipinski definition) is 0. The first-order valence-electron chi connectivity index (χ1n) is 6.57. The molecule has 3 aromatic rings. The summed E-state index contributed by atoms with van der Waals surface area (Å²) in [5.74, 6) is 0.214. The van der Waals surface area contributed by atoms with Crippen LogP contribution >= 0.6 is 0 Å². The van der Waals surface area contributed by atoms with Crippen LogP contribution in [0.5, 0.6) is 5.88 Å². The van der Waals surface area contributed by atoms with E-state index in [1.165, 1.54) is 6.07 Å². The van der Waals surface area contributed by atoms with Crippen molar-refractivity contribution >= 4 is 10.8 Å². The molecule has 0 saturated heterocycles. The molecular weight excluding hydrogens is 253 g/mol. The van der Waals surface area contributed by atoms with E-state index in [1.807, 2.05) is 43.3 Å². The van der Waals surface area contributed by atoms with Crippen molar-refractivity contribution in [1.82, 2.24) is 4.98 Å². The Morgan fingerprint density at radius 2 is 1.80 bits per heavy atom. The summed E-state index contributed by atoms with van der Waals surface area (Å²) in [6.45, 7) is 2.39. The van der Waals surface area contributed by atoms with Crippen molar-refractivity contribution in [2.75, 3.05) is 6.61 Å². The second-order valence-corrected chi connectivity index (χ2v) is 4.45. The molecule has 1 aromatic heterocycles. The molecule has 0 aliphatic rings. The summed E-state index contributed by atoms with van der Waals surface area (Å²) in [6.07, 6.45) is 0. The molecule has 0 aliphatic heterocycles. The number of halogens is 1. The van der Waals surface area contributed by atoms with Crippen molar-refractivity contribution in [3.05, 3.63) is 60.4 Å². The zero-order valence-corrected chi connectivity index (χ0v) is 11.1. The van der Waals surface area contributed by atoms with Crippen LogP contribution in [-0.4, -0.2) is 11.6 Å². The molecule has 3 rings (SSSR count). The van der Waals surface area contributed by atoms with Gasteiger partial charge in [0.1, 0.15) is 5.82 Å². The van der Waals surface area contributed by atoms with Crippen molar-refractivity contribution in [3.8, 4) is 17.1 Å². The number of hydrogen-bond acceptors (Lipinski definition) is 2. The van der Waals surface area contributed by atoms with Crippen LogP contribution in [0, 0.1) is 5.82 Å². The van der Waals surface area contributed by atoms with Crippen LogP contribution in [0.1, 0.15) is 6.92 Å². The summed E-state index contributed by atoms with van der Waals surface area (Å²) in [4.78, 5) is 4.51. The maximum absolute atomic E-state index is 14.0. The van der Waals surface area contributed by atoms with E-state index < -0.39 is 0 Å². The lowest BCUT2D eigenvalue weighted by molar-refractivity contribution is 0.331. The number of fused-ring (bicyclic) bond motifs is 1. The second kappa shape index (κ2) is 5.29. The number of benzene rings is 2. The third kappa shape index (κ3) is 2.23. The molecule has 0 unspecified atom stereocenters. The Hall–Kier alpha value is -2.42. The lowest BCUT2D eigenvalue weighted by Crippen LogP contribution is -1.98. The molecule has 0 N–H and O–H groups in total. The van der Waals surface area contributed by atoms with E-state index in [2.05, 4.69) is 4.98 Å². The fourth-order valence-electron chi connectivity index (χ4n) is 2.21. The number of rotatable bonds is 3. The van der Waals surface area contributed by atoms with E-state index in [-0.39, 0.29) is 5.82 Å². The van der Waals surface area contributed by atoms with Crippen molar-refractivity contribution in [3.63, 3.8) is 0 Å². The molecular formula is C17H14FNO. The van der Waals surface area contributed by atoms with Gasteiger partial charge >= 0.3 is 0 Å². The van der Waals surface area contributed by atoms with E-state index >= 15 is 0 Å². The number of nitrogens with zero attached hydrogens (tertiary/aromatic N) is 1. The molecule has 0 bridgehead atoms. The minimum atomic E-state index is -0.261. The summed E-state index contributed by atoms with van der Waals surface area (Å²) in [5, 5.41) is 1.23. The van der Waals surface area contributed by atoms with Crippen molar-refractivity contribution in [2.45, 2.75) is 6.92 Å². The molecule has 1 heterocycles. The van der Waals surface area contributed by atoms with Gasteiger partial charge in [-0.05, 0) is 25.1 Å². The molecule has 20 heavy (non-hydrogen) atoms. The number of ether oxygens (including phenoxy) is 1. The smallest absolute Gasteiger partial charge is 0.222 e. The first kappa shape index (κ1) is 12.6. The molecule has 0 spiro atoms. The third-order valence-corrected chi connectivity index (χ3v) is 3.14. The van der Waals surface area contributed by atoms with Crippen LogP contribution < -0.4 is 4.74 Å². The molecule has 0 saturated carbocycles. The van der Waals surface area contributed by atoms with Crippen LogP contribution in [0.25, 0.3) is 22.0 Å². The lowest BCUT2D eigenvalue weighted by Gasteiger charge is -2.10. The normalized spacial score (nSPS) is 10.7. The first-order valence-corrected chi connectivity index (χ1v) is 6.57. The summed E-state index contributed by atoms with van der Waals surface area (Å²) in [5.41, 5.74) is 1.66. The predicted octanol–water partition coefficient (Wildman–Crippen LogP) is 4.44. The van der Waals surface area contributed by atoms with Crippen LogP contribution in [0.2, 0.25) is 0 Å². The SMILES string of the molecule is CCOc1nc(-c2ccccc2)cc2c(F)cccc12. The number of pyridine rings is 1. The zero-order chi connectivity index (χ0) is 13.9. The molecule has 0 aliphatic carbocycles. The summed E-state index contributed by atoms with van der Waals surface area (Å²) in [6, 6.07) is 16.4. The molecule has 2 nitrogen and oxygen atoms in total. The van der Waals surface area contributed by atoms with Crippen LogP contribution in [-0.2, 0) is 0 Å². The van der Waals surface area contributed by atoms with Crippen molar-refractivity contribution < 1.29 is 9.13 Å². The Kier molecular flexibility index (Phi) is 3.33. The summed E-state index contributed by atoms with van der Waals surface area (Å²) >= 11 is 0. The van der Waals surface area contributed by atoms with Gasteiger partial charge in [0.2, 0.25) is 5.88 Å². The van der Waals surface area contributed by atoms with Gasteiger partial charge < -0.3 is 4.74 Å². The Morgan fingerprint density at radius 1 is 1.00 bits per heavy atom. The van der Waals surface area contributed by atoms with Gasteiger partial charge in [0.15, 0.2) is 0 Å². The summed E-state index contributed by atoms with van der Waals surface area (Å²) in [7, 11) is 0. The molecule has 3 heteroatoms. The maximum atomic E-state index is 14.0. The van der Waals surface area contributed by atoms with E-state index in [0.717, 1.165) is 5.56 Å². The standard InChI is InChI=1S/C17H14FNO/c1-2-20-17-13-9-6-10-15(18)14(13)11-16(19-17)12-7-4-3-5-8-12/h3-11H,2H2,1H3. The molecule has 0 atom stereocenters. The molecule has 2 aromatic carbocycles. The third-order valence-electron chi connectivity index (χ3n) is 3.14. The van der Waals surface area contributed by atoms with Crippen LogP contribution in [0.3, 0.4) is 0 Å². The zero-order valence-electron chi connectivity index (χ0n) is 11.1. The van der Waals surface area contributed by atoms with Crippen molar-refractivity contribution in [2.24, 2.45) is 0 Å². The molecule has 0 radical (unpaired) electrons. The largest absolute Gasteiger partial charge is 0.478 e. The highest BCUT2D eigenvalue weighted by molar-refractivity contribution is 5.90. The Bertz CT molecular complexity index is 741. The lowest BCUT2D eigenvalue weighted by atomic mass is 10.1. The number of aromatic nitrogens is 1. The van der Waals surface area contributed by atoms with E-state index in [4.69, 9.17) is 4.74 Å². The Balaban J connectivity index is 2.27. The average Bonchev–Trinajstić information content (AvgIpc) is 2.49. The highest BCUT2D eigenvalue weighted by Gasteiger charge is 2.11. The van der Waals surface area contributed by atoms with Gasteiger partial charge in [0.05, 0.1) is 12.3 Å². The fraction of sp³-hybridized carbons (Fsp3) is 0.118. The predicted molar refractivity (Wildman–Crippen MR) is 78.3 cm³/mol. The topological polar surface area (TPSA) is 22.1 Å². The second-order valence-electron chi connectivity index (χ2n) is 4.45. The van der Waals surface area contributed by atoms with Gasteiger partial charge in [-0.1, -0.05) is 36.4 Å². The maximum Gasteiger partial charge on any atom is 0.222 e. The van der Waals surface area contributed by atoms with Crippen molar-refractivity contribution in [1.29, 1.82) is 0 Å². The van der Waals surface area contributed by atoms with Gasteiger partial charge in [0.25, 0.3) is 0 Å². The van der Waals surface area contributed by atoms with E-state index in [0.29, 0.717) is 29.0 Å². The van der Waals surface area contributed by atoms with E-state index in [1.54, 1.807) is 12.1 Å². The van der Waals surface area contributed by atoms with Gasteiger partial charge in [-0.3, -0.25) is 0 Å². The average molecular weight is 267 g/mol. The summed E-state index contributed by atoms with van der Waals surface area (Å²) < 4.78 is 19.6.